The second-order valence-corrected chi connectivity index (χ2v) is 7.68. The predicted molar refractivity (Wildman–Crippen MR) is 92.4 cm³/mol. The van der Waals surface area contributed by atoms with E-state index in [1.807, 2.05) is 9.80 Å². The van der Waals surface area contributed by atoms with E-state index >= 15 is 0 Å². The number of benzene rings is 1. The van der Waals surface area contributed by atoms with Gasteiger partial charge >= 0.3 is 0 Å². The number of rotatable bonds is 3. The van der Waals surface area contributed by atoms with Crippen LogP contribution >= 0.6 is 0 Å². The first-order valence-corrected chi connectivity index (χ1v) is 9.45. The molecule has 0 unspecified atom stereocenters. The summed E-state index contributed by atoms with van der Waals surface area (Å²) in [5, 5.41) is 0. The molecule has 2 heterocycles. The molecule has 3 aliphatic rings. The molecule has 2 aliphatic heterocycles. The van der Waals surface area contributed by atoms with Gasteiger partial charge in [0.15, 0.2) is 0 Å². The molecule has 1 aromatic carbocycles. The maximum Gasteiger partial charge on any atom is 0.233 e. The third kappa shape index (κ3) is 2.94. The Morgan fingerprint density at radius 1 is 1.00 bits per heavy atom. The molecule has 1 saturated carbocycles. The molecular formula is C20H25FN2O2. The summed E-state index contributed by atoms with van der Waals surface area (Å²) in [6, 6.07) is 6.61. The van der Waals surface area contributed by atoms with Crippen LogP contribution in [0, 0.1) is 11.7 Å². The molecule has 0 spiro atoms. The van der Waals surface area contributed by atoms with E-state index < -0.39 is 5.41 Å². The minimum absolute atomic E-state index is 0.0107. The second-order valence-electron chi connectivity index (χ2n) is 7.68. The van der Waals surface area contributed by atoms with Gasteiger partial charge in [-0.15, -0.1) is 0 Å². The van der Waals surface area contributed by atoms with Crippen molar-refractivity contribution >= 4 is 11.8 Å². The van der Waals surface area contributed by atoms with Crippen LogP contribution in [0.1, 0.15) is 44.1 Å². The fourth-order valence-electron chi connectivity index (χ4n) is 4.43. The molecule has 5 heteroatoms. The lowest BCUT2D eigenvalue weighted by molar-refractivity contribution is -0.141. The van der Waals surface area contributed by atoms with Gasteiger partial charge in [0.05, 0.1) is 11.3 Å². The number of carbonyl (C=O) groups is 2. The molecule has 3 fully saturated rings. The van der Waals surface area contributed by atoms with E-state index in [2.05, 4.69) is 0 Å². The van der Waals surface area contributed by atoms with E-state index in [9.17, 15) is 14.0 Å². The summed E-state index contributed by atoms with van der Waals surface area (Å²) in [5.74, 6) is -0.176. The van der Waals surface area contributed by atoms with Gasteiger partial charge in [0.2, 0.25) is 11.8 Å². The monoisotopic (exact) mass is 344 g/mol. The summed E-state index contributed by atoms with van der Waals surface area (Å²) >= 11 is 0. The van der Waals surface area contributed by atoms with Crippen LogP contribution in [-0.2, 0) is 15.0 Å². The second kappa shape index (κ2) is 6.43. The summed E-state index contributed by atoms with van der Waals surface area (Å²) in [6.45, 7) is 2.87. The molecule has 4 rings (SSSR count). The number of hydrogen-bond acceptors (Lipinski definition) is 2. The minimum atomic E-state index is -0.691. The van der Waals surface area contributed by atoms with Crippen LogP contribution < -0.4 is 0 Å². The standard InChI is InChI=1S/C20H25FN2O2/c21-17-8-2-1-7-16(17)20(9-10-20)19(25)23-13-5-6-15(14-23)18(24)22-11-3-4-12-22/h1-2,7-8,15H,3-6,9-14H2/t15-/m1/s1. The molecule has 2 amide bonds. The highest BCUT2D eigenvalue weighted by Crippen LogP contribution is 2.50. The van der Waals surface area contributed by atoms with Crippen LogP contribution in [0.25, 0.3) is 0 Å². The van der Waals surface area contributed by atoms with Crippen molar-refractivity contribution in [1.29, 1.82) is 0 Å². The van der Waals surface area contributed by atoms with Gasteiger partial charge in [-0.05, 0) is 44.6 Å². The predicted octanol–water partition coefficient (Wildman–Crippen LogP) is 2.72. The van der Waals surface area contributed by atoms with Crippen molar-refractivity contribution in [2.24, 2.45) is 5.92 Å². The van der Waals surface area contributed by atoms with E-state index in [4.69, 9.17) is 0 Å². The average Bonchev–Trinajstić information content (AvgIpc) is 3.26. The molecule has 1 atom stereocenters. The number of halogens is 1. The van der Waals surface area contributed by atoms with Gasteiger partial charge < -0.3 is 9.80 Å². The highest BCUT2D eigenvalue weighted by molar-refractivity contribution is 5.92. The molecule has 4 nitrogen and oxygen atoms in total. The van der Waals surface area contributed by atoms with Crippen LogP contribution in [0.4, 0.5) is 4.39 Å². The molecule has 0 radical (unpaired) electrons. The van der Waals surface area contributed by atoms with E-state index in [0.29, 0.717) is 31.5 Å². The van der Waals surface area contributed by atoms with Gasteiger partial charge in [0, 0.05) is 31.7 Å². The van der Waals surface area contributed by atoms with Crippen molar-refractivity contribution in [3.63, 3.8) is 0 Å². The van der Waals surface area contributed by atoms with Gasteiger partial charge in [0.1, 0.15) is 5.82 Å². The Labute approximate surface area is 148 Å². The first kappa shape index (κ1) is 16.6. The van der Waals surface area contributed by atoms with Crippen molar-refractivity contribution < 1.29 is 14.0 Å². The quantitative estimate of drug-likeness (QED) is 0.846. The molecule has 0 N–H and O–H groups in total. The average molecular weight is 344 g/mol. The smallest absolute Gasteiger partial charge is 0.233 e. The van der Waals surface area contributed by atoms with Gasteiger partial charge in [-0.2, -0.15) is 0 Å². The third-order valence-electron chi connectivity index (χ3n) is 6.02. The number of likely N-dealkylation sites (tertiary alicyclic amines) is 2. The zero-order valence-electron chi connectivity index (χ0n) is 14.5. The highest BCUT2D eigenvalue weighted by Gasteiger charge is 2.54. The van der Waals surface area contributed by atoms with Crippen molar-refractivity contribution in [2.75, 3.05) is 26.2 Å². The summed E-state index contributed by atoms with van der Waals surface area (Å²) in [5.41, 5.74) is -0.169. The van der Waals surface area contributed by atoms with Crippen molar-refractivity contribution in [3.05, 3.63) is 35.6 Å². The minimum Gasteiger partial charge on any atom is -0.342 e. The Hall–Kier alpha value is -1.91. The Morgan fingerprint density at radius 3 is 2.36 bits per heavy atom. The molecule has 1 aliphatic carbocycles. The van der Waals surface area contributed by atoms with E-state index in [0.717, 1.165) is 38.8 Å². The first-order valence-electron chi connectivity index (χ1n) is 9.45. The normalized spacial score (nSPS) is 25.1. The van der Waals surface area contributed by atoms with E-state index in [1.54, 1.807) is 18.2 Å². The summed E-state index contributed by atoms with van der Waals surface area (Å²) in [6.07, 6.45) is 5.27. The van der Waals surface area contributed by atoms with Crippen LogP contribution in [0.5, 0.6) is 0 Å². The lowest BCUT2D eigenvalue weighted by Gasteiger charge is -2.36. The van der Waals surface area contributed by atoms with Crippen LogP contribution in [0.3, 0.4) is 0 Å². The fourth-order valence-corrected chi connectivity index (χ4v) is 4.43. The van der Waals surface area contributed by atoms with Gasteiger partial charge in [-0.1, -0.05) is 18.2 Å². The van der Waals surface area contributed by atoms with Crippen molar-refractivity contribution in [1.82, 2.24) is 9.80 Å². The fraction of sp³-hybridized carbons (Fsp3) is 0.600. The van der Waals surface area contributed by atoms with Crippen LogP contribution in [0.2, 0.25) is 0 Å². The third-order valence-corrected chi connectivity index (χ3v) is 6.02. The maximum absolute atomic E-state index is 14.2. The van der Waals surface area contributed by atoms with Crippen LogP contribution in [0.15, 0.2) is 24.3 Å². The Kier molecular flexibility index (Phi) is 4.26. The van der Waals surface area contributed by atoms with Gasteiger partial charge in [-0.3, -0.25) is 9.59 Å². The molecule has 1 aromatic rings. The largest absolute Gasteiger partial charge is 0.342 e. The highest BCUT2D eigenvalue weighted by atomic mass is 19.1. The maximum atomic E-state index is 14.2. The molecule has 2 saturated heterocycles. The number of hydrogen-bond donors (Lipinski definition) is 0. The molecule has 0 bridgehead atoms. The van der Waals surface area contributed by atoms with Crippen molar-refractivity contribution in [2.45, 2.75) is 43.9 Å². The SMILES string of the molecule is O=C([C@@H]1CCCN(C(=O)C2(c3ccccc3F)CC2)C1)N1CCCC1. The van der Waals surface area contributed by atoms with Gasteiger partial charge in [-0.25, -0.2) is 4.39 Å². The Morgan fingerprint density at radius 2 is 1.68 bits per heavy atom. The number of amides is 2. The van der Waals surface area contributed by atoms with Crippen LogP contribution in [-0.4, -0.2) is 47.8 Å². The summed E-state index contributed by atoms with van der Waals surface area (Å²) in [4.78, 5) is 29.6. The summed E-state index contributed by atoms with van der Waals surface area (Å²) < 4.78 is 14.2. The Balaban J connectivity index is 1.49. The zero-order chi connectivity index (χ0) is 17.4. The number of piperidine rings is 1. The zero-order valence-corrected chi connectivity index (χ0v) is 14.5. The summed E-state index contributed by atoms with van der Waals surface area (Å²) in [7, 11) is 0. The van der Waals surface area contributed by atoms with E-state index in [-0.39, 0.29) is 23.5 Å². The Bertz CT molecular complexity index is 680. The lowest BCUT2D eigenvalue weighted by Crippen LogP contribution is -2.49. The lowest BCUT2D eigenvalue weighted by atomic mass is 9.90. The number of nitrogens with zero attached hydrogens (tertiary/aromatic N) is 2. The van der Waals surface area contributed by atoms with E-state index in [1.165, 1.54) is 6.07 Å². The first-order chi connectivity index (χ1) is 12.1. The number of carbonyl (C=O) groups excluding carboxylic acids is 2. The molecule has 0 aromatic heterocycles. The topological polar surface area (TPSA) is 40.6 Å². The van der Waals surface area contributed by atoms with Crippen molar-refractivity contribution in [3.8, 4) is 0 Å². The van der Waals surface area contributed by atoms with Gasteiger partial charge in [0.25, 0.3) is 0 Å². The molecular weight excluding hydrogens is 319 g/mol. The molecule has 25 heavy (non-hydrogen) atoms. The molecule has 134 valence electrons.